The van der Waals surface area contributed by atoms with Crippen molar-refractivity contribution in [3.8, 4) is 0 Å². The van der Waals surface area contributed by atoms with Crippen molar-refractivity contribution >= 4 is 21.4 Å². The first kappa shape index (κ1) is 9.33. The summed E-state index contributed by atoms with van der Waals surface area (Å²) in [4.78, 5) is 20.4. The van der Waals surface area contributed by atoms with Crippen LogP contribution in [0.2, 0.25) is 0 Å². The average Bonchev–Trinajstić information content (AvgIpc) is 1.87. The third-order valence-electron chi connectivity index (χ3n) is 0.835. The summed E-state index contributed by atoms with van der Waals surface area (Å²) in [6, 6.07) is -1.17. The molecular weight excluding hydrogens is 157 g/mol. The van der Waals surface area contributed by atoms with Crippen molar-refractivity contribution in [1.29, 1.82) is 0 Å². The maximum atomic E-state index is 10.3. The minimum atomic E-state index is -1.21. The third-order valence-corrected chi connectivity index (χ3v) is 1.10. The van der Waals surface area contributed by atoms with Gasteiger partial charge in [-0.25, -0.2) is 0 Å². The Morgan fingerprint density at radius 1 is 1.70 bits per heavy atom. The first-order valence-corrected chi connectivity index (χ1v) is 2.93. The van der Waals surface area contributed by atoms with Crippen LogP contribution in [0.1, 0.15) is 6.42 Å². The molecule has 5 nitrogen and oxygen atoms in total. The number of carbonyl (C=O) groups is 2. The zero-order valence-corrected chi connectivity index (χ0v) is 6.27. The number of carbonyl (C=O) groups excluding carboxylic acids is 1. The van der Waals surface area contributed by atoms with Crippen LogP contribution in [0.4, 0.5) is 0 Å². The van der Waals surface area contributed by atoms with E-state index in [0.29, 0.717) is 0 Å². The van der Waals surface area contributed by atoms with Crippen LogP contribution in [0, 0.1) is 0 Å². The van der Waals surface area contributed by atoms with Crippen LogP contribution < -0.4 is 5.73 Å². The molecule has 0 rings (SSSR count). The molecule has 0 aliphatic heterocycles. The second-order valence-corrected chi connectivity index (χ2v) is 1.87. The molecule has 0 saturated heterocycles. The van der Waals surface area contributed by atoms with Crippen molar-refractivity contribution in [2.75, 3.05) is 0 Å². The number of carboxylic acids is 1. The van der Waals surface area contributed by atoms with Gasteiger partial charge in [0.05, 0.1) is 15.9 Å². The topological polar surface area (TPSA) is 89.6 Å². The van der Waals surface area contributed by atoms with Gasteiger partial charge >= 0.3 is 11.9 Å². The molecule has 0 aliphatic rings. The van der Waals surface area contributed by atoms with Crippen LogP contribution in [0.3, 0.4) is 0 Å². The molecule has 1 unspecified atom stereocenters. The molecule has 0 spiro atoms. The smallest absolute Gasteiger partial charge is 0.321 e. The van der Waals surface area contributed by atoms with Gasteiger partial charge in [-0.15, -0.1) is 0 Å². The number of hydrogen-bond donors (Lipinski definition) is 2. The highest BCUT2D eigenvalue weighted by Gasteiger charge is 2.15. The zero-order chi connectivity index (χ0) is 8.15. The Morgan fingerprint density at radius 2 is 2.20 bits per heavy atom. The zero-order valence-electron chi connectivity index (χ0n) is 5.11. The van der Waals surface area contributed by atoms with Crippen molar-refractivity contribution in [2.24, 2.45) is 5.73 Å². The second kappa shape index (κ2) is 4.19. The molecule has 58 valence electrons. The Labute approximate surface area is 59.8 Å². The molecule has 0 aromatic carbocycles. The molecule has 10 heavy (non-hydrogen) atoms. The monoisotopic (exact) mass is 165 g/mol. The third kappa shape index (κ3) is 3.37. The fraction of sp³-hybridized carbons (Fsp3) is 0.500. The van der Waals surface area contributed by atoms with Gasteiger partial charge in [0.2, 0.25) is 0 Å². The summed E-state index contributed by atoms with van der Waals surface area (Å²) in [5, 5.41) is 8.19. The van der Waals surface area contributed by atoms with E-state index in [1.807, 2.05) is 0 Å². The lowest BCUT2D eigenvalue weighted by atomic mass is 10.2. The van der Waals surface area contributed by atoms with E-state index in [1.165, 1.54) is 0 Å². The van der Waals surface area contributed by atoms with Crippen molar-refractivity contribution in [1.82, 2.24) is 0 Å². The minimum Gasteiger partial charge on any atom is -0.480 e. The molecule has 0 saturated carbocycles. The second-order valence-electron chi connectivity index (χ2n) is 1.64. The van der Waals surface area contributed by atoms with Crippen LogP contribution in [-0.4, -0.2) is 23.1 Å². The van der Waals surface area contributed by atoms with E-state index in [2.05, 4.69) is 4.52 Å². The van der Waals surface area contributed by atoms with Crippen LogP contribution in [0.5, 0.6) is 0 Å². The number of nitrogens with two attached hydrogens (primary N) is 1. The summed E-state index contributed by atoms with van der Waals surface area (Å²) in [5.74, 6) is -1.87. The average molecular weight is 165 g/mol. The van der Waals surface area contributed by atoms with E-state index in [1.54, 1.807) is 9.47 Å². The van der Waals surface area contributed by atoms with Gasteiger partial charge < -0.3 is 15.4 Å². The highest BCUT2D eigenvalue weighted by Crippen LogP contribution is 1.95. The van der Waals surface area contributed by atoms with Gasteiger partial charge in [-0.1, -0.05) is 0 Å². The van der Waals surface area contributed by atoms with Gasteiger partial charge in [0.1, 0.15) is 6.04 Å². The SMILES string of the molecule is N[C@@H](CC(=O)OP)C(=O)O. The lowest BCUT2D eigenvalue weighted by Gasteiger charge is -2.02. The van der Waals surface area contributed by atoms with Gasteiger partial charge in [0, 0.05) is 0 Å². The Hall–Kier alpha value is -0.670. The van der Waals surface area contributed by atoms with E-state index in [4.69, 9.17) is 10.8 Å². The number of aliphatic carboxylic acids is 1. The molecule has 0 radical (unpaired) electrons. The van der Waals surface area contributed by atoms with E-state index < -0.39 is 18.0 Å². The first-order valence-electron chi connectivity index (χ1n) is 2.46. The highest BCUT2D eigenvalue weighted by molar-refractivity contribution is 7.10. The molecule has 2 atom stereocenters. The van der Waals surface area contributed by atoms with Crippen LogP contribution in [-0.2, 0) is 14.1 Å². The summed E-state index contributed by atoms with van der Waals surface area (Å²) >= 11 is 0. The van der Waals surface area contributed by atoms with Gasteiger partial charge in [-0.2, -0.15) is 0 Å². The summed E-state index contributed by atoms with van der Waals surface area (Å²) in [6.07, 6.45) is -0.307. The van der Waals surface area contributed by atoms with Crippen molar-refractivity contribution in [2.45, 2.75) is 12.5 Å². The van der Waals surface area contributed by atoms with Crippen LogP contribution in [0.25, 0.3) is 0 Å². The fourth-order valence-corrected chi connectivity index (χ4v) is 0.411. The number of hydrogen-bond acceptors (Lipinski definition) is 4. The molecule has 6 heteroatoms. The van der Waals surface area contributed by atoms with Crippen molar-refractivity contribution in [3.63, 3.8) is 0 Å². The maximum absolute atomic E-state index is 10.3. The molecule has 0 aromatic heterocycles. The number of carboxylic acid groups (broad SMARTS) is 1. The molecule has 0 fully saturated rings. The molecule has 0 bridgehead atoms. The summed E-state index contributed by atoms with van der Waals surface area (Å²) in [5.41, 5.74) is 4.98. The fourth-order valence-electron chi connectivity index (χ4n) is 0.315. The normalized spacial score (nSPS) is 12.2. The molecule has 0 heterocycles. The molecule has 3 N–H and O–H groups in total. The van der Waals surface area contributed by atoms with Crippen LogP contribution in [0.15, 0.2) is 0 Å². The van der Waals surface area contributed by atoms with Crippen molar-refractivity contribution in [3.05, 3.63) is 0 Å². The summed E-state index contributed by atoms with van der Waals surface area (Å²) in [6.45, 7) is 0. The molecule has 0 aromatic rings. The highest BCUT2D eigenvalue weighted by atomic mass is 31.0. The van der Waals surface area contributed by atoms with E-state index in [9.17, 15) is 9.59 Å². The quantitative estimate of drug-likeness (QED) is 0.530. The Bertz CT molecular complexity index is 148. The Kier molecular flexibility index (Phi) is 3.91. The van der Waals surface area contributed by atoms with Gasteiger partial charge in [-0.3, -0.25) is 9.59 Å². The molecule has 0 amide bonds. The largest absolute Gasteiger partial charge is 0.480 e. The van der Waals surface area contributed by atoms with Gasteiger partial charge in [0.15, 0.2) is 0 Å². The van der Waals surface area contributed by atoms with E-state index in [-0.39, 0.29) is 6.42 Å². The lowest BCUT2D eigenvalue weighted by molar-refractivity contribution is -0.143. The number of rotatable bonds is 3. The predicted molar refractivity (Wildman–Crippen MR) is 36.0 cm³/mol. The predicted octanol–water partition coefficient (Wildman–Crippen LogP) is -0.878. The van der Waals surface area contributed by atoms with E-state index in [0.717, 1.165) is 0 Å². The lowest BCUT2D eigenvalue weighted by Crippen LogP contribution is -2.32. The molecule has 0 aliphatic carbocycles. The standard InChI is InChI=1S/C4H8NO4P/c5-2(4(7)8)1-3(6)9-10/h2H,1,5,10H2,(H,7,8)/t2-/m0/s1. The maximum Gasteiger partial charge on any atom is 0.321 e. The van der Waals surface area contributed by atoms with Gasteiger partial charge in [-0.05, 0) is 0 Å². The van der Waals surface area contributed by atoms with Gasteiger partial charge in [0.25, 0.3) is 0 Å². The van der Waals surface area contributed by atoms with E-state index >= 15 is 0 Å². The summed E-state index contributed by atoms with van der Waals surface area (Å²) in [7, 11) is 1.72. The van der Waals surface area contributed by atoms with Crippen molar-refractivity contribution < 1.29 is 19.2 Å². The minimum absolute atomic E-state index is 0.307. The van der Waals surface area contributed by atoms with Crippen LogP contribution >= 0.6 is 9.47 Å². The summed E-state index contributed by atoms with van der Waals surface area (Å²) < 4.78 is 4.11. The Morgan fingerprint density at radius 3 is 2.50 bits per heavy atom. The molecular formula is C4H8NO4P. The first-order chi connectivity index (χ1) is 4.57. The Balaban J connectivity index is 3.68.